The Morgan fingerprint density at radius 2 is 1.96 bits per heavy atom. The van der Waals surface area contributed by atoms with Gasteiger partial charge >= 0.3 is 6.09 Å². The van der Waals surface area contributed by atoms with Crippen molar-refractivity contribution in [3.05, 3.63) is 22.4 Å². The molecule has 1 fully saturated rings. The standard InChI is InChI=1S/C18H30N2O2S/c1-13(12-16-6-5-11-23-16)19-14-7-9-15(10-8-14)20-17(21)22-18(2,3)4/h5-6,11,13-15,19H,7-10,12H2,1-4H3,(H,20,21). The van der Waals surface area contributed by atoms with Gasteiger partial charge in [0.05, 0.1) is 0 Å². The maximum atomic E-state index is 11.8. The minimum atomic E-state index is -0.430. The van der Waals surface area contributed by atoms with E-state index in [-0.39, 0.29) is 12.1 Å². The molecule has 2 rings (SSSR count). The molecule has 0 aliphatic heterocycles. The van der Waals surface area contributed by atoms with Crippen molar-refractivity contribution in [2.24, 2.45) is 0 Å². The van der Waals surface area contributed by atoms with Gasteiger partial charge in [-0.15, -0.1) is 11.3 Å². The fraction of sp³-hybridized carbons (Fsp3) is 0.722. The largest absolute Gasteiger partial charge is 0.444 e. The monoisotopic (exact) mass is 338 g/mol. The maximum absolute atomic E-state index is 11.8. The summed E-state index contributed by atoms with van der Waals surface area (Å²) in [4.78, 5) is 13.3. The lowest BCUT2D eigenvalue weighted by Crippen LogP contribution is -2.45. The second-order valence-corrected chi connectivity index (χ2v) is 8.58. The highest BCUT2D eigenvalue weighted by molar-refractivity contribution is 7.09. The molecular weight excluding hydrogens is 308 g/mol. The molecule has 0 spiro atoms. The molecule has 1 amide bonds. The van der Waals surface area contributed by atoms with Crippen LogP contribution >= 0.6 is 11.3 Å². The van der Waals surface area contributed by atoms with Crippen LogP contribution in [0.3, 0.4) is 0 Å². The molecular formula is C18H30N2O2S. The van der Waals surface area contributed by atoms with Gasteiger partial charge in [0.2, 0.25) is 0 Å². The highest BCUT2D eigenvalue weighted by Crippen LogP contribution is 2.20. The van der Waals surface area contributed by atoms with E-state index >= 15 is 0 Å². The van der Waals surface area contributed by atoms with E-state index in [1.54, 1.807) is 0 Å². The molecule has 1 aromatic rings. The molecule has 1 aliphatic carbocycles. The Hall–Kier alpha value is -1.07. The maximum Gasteiger partial charge on any atom is 0.407 e. The summed E-state index contributed by atoms with van der Waals surface area (Å²) >= 11 is 1.82. The van der Waals surface area contributed by atoms with Crippen LogP contribution in [0.4, 0.5) is 4.79 Å². The molecule has 4 nitrogen and oxygen atoms in total. The number of carbonyl (C=O) groups excluding carboxylic acids is 1. The molecule has 23 heavy (non-hydrogen) atoms. The number of ether oxygens (including phenoxy) is 1. The van der Waals surface area contributed by atoms with Gasteiger partial charge in [0.15, 0.2) is 0 Å². The second kappa shape index (κ2) is 8.15. The Labute approximate surface area is 144 Å². The van der Waals surface area contributed by atoms with Gasteiger partial charge in [-0.1, -0.05) is 6.07 Å². The van der Waals surface area contributed by atoms with Crippen LogP contribution in [0.1, 0.15) is 58.3 Å². The van der Waals surface area contributed by atoms with Crippen molar-refractivity contribution in [2.45, 2.75) is 83.5 Å². The van der Waals surface area contributed by atoms with Gasteiger partial charge < -0.3 is 15.4 Å². The number of rotatable bonds is 5. The molecule has 1 heterocycles. The Kier molecular flexibility index (Phi) is 6.48. The summed E-state index contributed by atoms with van der Waals surface area (Å²) < 4.78 is 5.33. The van der Waals surface area contributed by atoms with E-state index in [4.69, 9.17) is 4.74 Å². The molecule has 0 radical (unpaired) electrons. The summed E-state index contributed by atoms with van der Waals surface area (Å²) in [6.45, 7) is 7.93. The van der Waals surface area contributed by atoms with E-state index in [9.17, 15) is 4.79 Å². The van der Waals surface area contributed by atoms with Gasteiger partial charge in [-0.2, -0.15) is 0 Å². The first kappa shape index (κ1) is 18.3. The lowest BCUT2D eigenvalue weighted by molar-refractivity contribution is 0.0489. The summed E-state index contributed by atoms with van der Waals surface area (Å²) in [5.41, 5.74) is -0.430. The Balaban J connectivity index is 1.66. The number of alkyl carbamates (subject to hydrolysis) is 1. The number of hydrogen-bond donors (Lipinski definition) is 2. The predicted octanol–water partition coefficient (Wildman–Crippen LogP) is 4.10. The smallest absolute Gasteiger partial charge is 0.407 e. The van der Waals surface area contributed by atoms with Crippen molar-refractivity contribution < 1.29 is 9.53 Å². The third kappa shape index (κ3) is 6.92. The van der Waals surface area contributed by atoms with Crippen molar-refractivity contribution in [3.8, 4) is 0 Å². The molecule has 5 heteroatoms. The number of carbonyl (C=O) groups is 1. The molecule has 0 aromatic carbocycles. The van der Waals surface area contributed by atoms with Gasteiger partial charge in [-0.25, -0.2) is 4.79 Å². The van der Waals surface area contributed by atoms with Crippen molar-refractivity contribution in [1.29, 1.82) is 0 Å². The van der Waals surface area contributed by atoms with E-state index in [1.807, 2.05) is 32.1 Å². The van der Waals surface area contributed by atoms with Crippen molar-refractivity contribution in [1.82, 2.24) is 10.6 Å². The summed E-state index contributed by atoms with van der Waals surface area (Å²) in [5.74, 6) is 0. The summed E-state index contributed by atoms with van der Waals surface area (Å²) in [5, 5.41) is 8.86. The summed E-state index contributed by atoms with van der Waals surface area (Å²) in [6, 6.07) is 5.61. The summed E-state index contributed by atoms with van der Waals surface area (Å²) in [6.07, 6.45) is 5.05. The fourth-order valence-corrected chi connectivity index (χ4v) is 3.91. The first-order valence-electron chi connectivity index (χ1n) is 8.60. The Morgan fingerprint density at radius 3 is 2.52 bits per heavy atom. The Bertz CT molecular complexity index is 474. The topological polar surface area (TPSA) is 50.4 Å². The molecule has 1 aromatic heterocycles. The number of nitrogens with one attached hydrogen (secondary N) is 2. The van der Waals surface area contributed by atoms with Gasteiger partial charge in [0.1, 0.15) is 5.60 Å². The van der Waals surface area contributed by atoms with Crippen molar-refractivity contribution >= 4 is 17.4 Å². The lowest BCUT2D eigenvalue weighted by Gasteiger charge is -2.32. The zero-order chi connectivity index (χ0) is 16.9. The molecule has 1 saturated carbocycles. The molecule has 130 valence electrons. The van der Waals surface area contributed by atoms with E-state index in [0.717, 1.165) is 32.1 Å². The van der Waals surface area contributed by atoms with Gasteiger partial charge in [0.25, 0.3) is 0 Å². The quantitative estimate of drug-likeness (QED) is 0.849. The highest BCUT2D eigenvalue weighted by atomic mass is 32.1. The predicted molar refractivity (Wildman–Crippen MR) is 96.0 cm³/mol. The molecule has 0 bridgehead atoms. The van der Waals surface area contributed by atoms with Gasteiger partial charge in [-0.3, -0.25) is 0 Å². The second-order valence-electron chi connectivity index (χ2n) is 7.55. The number of hydrogen-bond acceptors (Lipinski definition) is 4. The van der Waals surface area contributed by atoms with Crippen LogP contribution in [0.5, 0.6) is 0 Å². The van der Waals surface area contributed by atoms with E-state index in [1.165, 1.54) is 4.88 Å². The minimum absolute atomic E-state index is 0.246. The molecule has 1 unspecified atom stereocenters. The molecule has 1 aliphatic rings. The van der Waals surface area contributed by atoms with Crippen LogP contribution in [0, 0.1) is 0 Å². The highest BCUT2D eigenvalue weighted by Gasteiger charge is 2.25. The van der Waals surface area contributed by atoms with Crippen molar-refractivity contribution in [2.75, 3.05) is 0 Å². The van der Waals surface area contributed by atoms with E-state index < -0.39 is 5.60 Å². The normalized spacial score (nSPS) is 23.3. The van der Waals surface area contributed by atoms with Crippen molar-refractivity contribution in [3.63, 3.8) is 0 Å². The molecule has 2 N–H and O–H groups in total. The average molecular weight is 339 g/mol. The SMILES string of the molecule is CC(Cc1cccs1)NC1CCC(NC(=O)OC(C)(C)C)CC1. The zero-order valence-electron chi connectivity index (χ0n) is 14.7. The fourth-order valence-electron chi connectivity index (χ4n) is 3.07. The van der Waals surface area contributed by atoms with E-state index in [0.29, 0.717) is 12.1 Å². The van der Waals surface area contributed by atoms with Gasteiger partial charge in [0, 0.05) is 23.0 Å². The minimum Gasteiger partial charge on any atom is -0.444 e. The lowest BCUT2D eigenvalue weighted by atomic mass is 9.90. The van der Waals surface area contributed by atoms with Gasteiger partial charge in [-0.05, 0) is 71.2 Å². The van der Waals surface area contributed by atoms with Crippen LogP contribution in [0.2, 0.25) is 0 Å². The first-order chi connectivity index (χ1) is 10.8. The van der Waals surface area contributed by atoms with Crippen LogP contribution in [0.15, 0.2) is 17.5 Å². The number of thiophene rings is 1. The third-order valence-electron chi connectivity index (χ3n) is 4.06. The van der Waals surface area contributed by atoms with Crippen LogP contribution in [-0.4, -0.2) is 29.8 Å². The van der Waals surface area contributed by atoms with E-state index in [2.05, 4.69) is 35.1 Å². The average Bonchev–Trinajstić information content (AvgIpc) is 2.91. The first-order valence-corrected chi connectivity index (χ1v) is 9.48. The third-order valence-corrected chi connectivity index (χ3v) is 4.95. The Morgan fingerprint density at radius 1 is 1.30 bits per heavy atom. The number of amides is 1. The van der Waals surface area contributed by atoms with Crippen LogP contribution in [-0.2, 0) is 11.2 Å². The van der Waals surface area contributed by atoms with Crippen LogP contribution in [0.25, 0.3) is 0 Å². The zero-order valence-corrected chi connectivity index (χ0v) is 15.5. The molecule has 1 atom stereocenters. The summed E-state index contributed by atoms with van der Waals surface area (Å²) in [7, 11) is 0. The molecule has 0 saturated heterocycles. The van der Waals surface area contributed by atoms with Crippen LogP contribution < -0.4 is 10.6 Å².